The number of nitrogens with two attached hydrogens (primary N) is 1. The first-order chi connectivity index (χ1) is 16.7. The predicted molar refractivity (Wildman–Crippen MR) is 144 cm³/mol. The van der Waals surface area contributed by atoms with Gasteiger partial charge >= 0.3 is 0 Å². The molecule has 34 heavy (non-hydrogen) atoms. The third-order valence-corrected chi connectivity index (χ3v) is 7.49. The third kappa shape index (κ3) is 8.60. The van der Waals surface area contributed by atoms with Gasteiger partial charge in [0.1, 0.15) is 18.5 Å². The molecule has 3 rings (SSSR count). The van der Waals surface area contributed by atoms with E-state index in [1.807, 2.05) is 42.5 Å². The smallest absolute Gasteiger partial charge is 0.161 e. The molecule has 0 radical (unpaired) electrons. The number of rotatable bonds is 16. The van der Waals surface area contributed by atoms with Crippen molar-refractivity contribution < 1.29 is 19.3 Å². The van der Waals surface area contributed by atoms with E-state index in [4.69, 9.17) is 19.9 Å². The van der Waals surface area contributed by atoms with Gasteiger partial charge in [0.15, 0.2) is 11.5 Å². The van der Waals surface area contributed by atoms with E-state index in [1.165, 1.54) is 0 Å². The van der Waals surface area contributed by atoms with Gasteiger partial charge in [0.2, 0.25) is 0 Å². The summed E-state index contributed by atoms with van der Waals surface area (Å²) in [5.41, 5.74) is 6.64. The number of hydrogen-bond acceptors (Lipinski definition) is 8. The molecule has 0 aliphatic carbocycles. The van der Waals surface area contributed by atoms with Crippen LogP contribution in [0.15, 0.2) is 60.7 Å². The Morgan fingerprint density at radius 2 is 1.76 bits per heavy atom. The zero-order valence-electron chi connectivity index (χ0n) is 19.6. The lowest BCUT2D eigenvalue weighted by molar-refractivity contribution is 0.107. The van der Waals surface area contributed by atoms with E-state index in [-0.39, 0.29) is 6.61 Å². The van der Waals surface area contributed by atoms with E-state index in [2.05, 4.69) is 23.5 Å². The van der Waals surface area contributed by atoms with Gasteiger partial charge in [0.05, 0.1) is 13.7 Å². The Balaban J connectivity index is 1.36. The molecule has 3 aromatic rings. The topological polar surface area (TPSA) is 86.0 Å². The molecule has 1 atom stereocenters. The molecule has 0 spiro atoms. The van der Waals surface area contributed by atoms with Crippen LogP contribution in [0.2, 0.25) is 0 Å². The second kappa shape index (κ2) is 15.0. The fourth-order valence-corrected chi connectivity index (χ4v) is 5.09. The number of aliphatic hydroxyl groups is 1. The molecule has 8 heteroatoms. The lowest BCUT2D eigenvalue weighted by Crippen LogP contribution is -2.32. The van der Waals surface area contributed by atoms with Gasteiger partial charge in [-0.25, -0.2) is 0 Å². The summed E-state index contributed by atoms with van der Waals surface area (Å²) < 4.78 is 17.2. The van der Waals surface area contributed by atoms with Crippen molar-refractivity contribution in [1.82, 2.24) is 5.32 Å². The molecule has 0 bridgehead atoms. The van der Waals surface area contributed by atoms with Crippen molar-refractivity contribution in [2.75, 3.05) is 51.5 Å². The van der Waals surface area contributed by atoms with Crippen molar-refractivity contribution in [2.24, 2.45) is 5.73 Å². The zero-order chi connectivity index (χ0) is 24.0. The summed E-state index contributed by atoms with van der Waals surface area (Å²) in [5.74, 6) is 4.13. The number of ether oxygens (including phenoxy) is 3. The van der Waals surface area contributed by atoms with Crippen molar-refractivity contribution in [2.45, 2.75) is 12.5 Å². The highest BCUT2D eigenvalue weighted by molar-refractivity contribution is 8.76. The quantitative estimate of drug-likeness (QED) is 0.199. The minimum absolute atomic E-state index is 0.240. The van der Waals surface area contributed by atoms with Gasteiger partial charge in [-0.1, -0.05) is 64.1 Å². The van der Waals surface area contributed by atoms with Crippen LogP contribution in [0.25, 0.3) is 10.8 Å². The van der Waals surface area contributed by atoms with Crippen LogP contribution in [0.4, 0.5) is 0 Å². The average Bonchev–Trinajstić information content (AvgIpc) is 2.87. The second-order valence-electron chi connectivity index (χ2n) is 7.66. The Bertz CT molecular complexity index is 1000. The summed E-state index contributed by atoms with van der Waals surface area (Å²) in [4.78, 5) is 0. The molecular formula is C26H34N2O4S2. The van der Waals surface area contributed by atoms with Crippen LogP contribution in [-0.2, 0) is 6.42 Å². The molecule has 0 aliphatic heterocycles. The maximum absolute atomic E-state index is 10.3. The number of benzene rings is 3. The highest BCUT2D eigenvalue weighted by Gasteiger charge is 2.09. The van der Waals surface area contributed by atoms with E-state index in [1.54, 1.807) is 28.7 Å². The van der Waals surface area contributed by atoms with Gasteiger partial charge in [-0.15, -0.1) is 0 Å². The zero-order valence-corrected chi connectivity index (χ0v) is 21.2. The van der Waals surface area contributed by atoms with Crippen LogP contribution in [0.3, 0.4) is 0 Å². The third-order valence-electron chi connectivity index (χ3n) is 5.09. The van der Waals surface area contributed by atoms with Gasteiger partial charge in [-0.2, -0.15) is 0 Å². The summed E-state index contributed by atoms with van der Waals surface area (Å²) in [7, 11) is 5.18. The van der Waals surface area contributed by atoms with E-state index in [0.29, 0.717) is 19.7 Å². The minimum Gasteiger partial charge on any atom is -0.493 e. The molecule has 0 saturated carbocycles. The number of aliphatic hydroxyl groups excluding tert-OH is 1. The van der Waals surface area contributed by atoms with Crippen molar-refractivity contribution in [1.29, 1.82) is 0 Å². The summed E-state index contributed by atoms with van der Waals surface area (Å²) >= 11 is 0. The van der Waals surface area contributed by atoms with Crippen molar-refractivity contribution in [3.8, 4) is 17.2 Å². The molecule has 0 heterocycles. The number of nitrogens with one attached hydrogen (secondary N) is 1. The molecule has 0 saturated heterocycles. The van der Waals surface area contributed by atoms with Crippen LogP contribution in [0, 0.1) is 0 Å². The van der Waals surface area contributed by atoms with Gasteiger partial charge in [0.25, 0.3) is 0 Å². The highest BCUT2D eigenvalue weighted by Crippen LogP contribution is 2.29. The standard InChI is InChI=1S/C26H34N2O4S2/c1-30-26-17-20(9-10-25(26)31-14-16-34-33-15-12-27)11-13-28-18-22(29)19-32-24-8-4-6-21-5-2-3-7-23(21)24/h2-10,17,22,28-29H,11-16,18-19,27H2,1H3/t22-/m1/s1. The molecule has 6 nitrogen and oxygen atoms in total. The van der Waals surface area contributed by atoms with Crippen LogP contribution >= 0.6 is 21.6 Å². The molecule has 0 unspecified atom stereocenters. The molecule has 0 aliphatic rings. The Morgan fingerprint density at radius 3 is 2.62 bits per heavy atom. The molecular weight excluding hydrogens is 468 g/mol. The molecule has 0 amide bonds. The summed E-state index contributed by atoms with van der Waals surface area (Å²) in [6.45, 7) is 2.76. The molecule has 184 valence electrons. The highest BCUT2D eigenvalue weighted by atomic mass is 33.1. The Morgan fingerprint density at radius 1 is 0.941 bits per heavy atom. The number of fused-ring (bicyclic) bond motifs is 1. The molecule has 3 aromatic carbocycles. The van der Waals surface area contributed by atoms with Gasteiger partial charge in [-0.05, 0) is 42.1 Å². The number of methoxy groups -OCH3 is 1. The SMILES string of the molecule is COc1cc(CCNC[C@@H](O)COc2cccc3ccccc23)ccc1OCCSSCCN. The van der Waals surface area contributed by atoms with Crippen LogP contribution in [0.1, 0.15) is 5.56 Å². The van der Waals surface area contributed by atoms with E-state index in [0.717, 1.165) is 58.1 Å². The van der Waals surface area contributed by atoms with Crippen molar-refractivity contribution >= 4 is 32.4 Å². The fraction of sp³-hybridized carbons (Fsp3) is 0.385. The van der Waals surface area contributed by atoms with Crippen molar-refractivity contribution in [3.05, 3.63) is 66.2 Å². The van der Waals surface area contributed by atoms with Gasteiger partial charge in [-0.3, -0.25) is 0 Å². The Hall–Kier alpha value is -2.10. The van der Waals surface area contributed by atoms with Crippen molar-refractivity contribution in [3.63, 3.8) is 0 Å². The normalized spacial score (nSPS) is 12.0. The molecule has 0 fully saturated rings. The molecule has 0 aromatic heterocycles. The van der Waals surface area contributed by atoms with Gasteiger partial charge in [0, 0.05) is 30.0 Å². The van der Waals surface area contributed by atoms with Crippen LogP contribution < -0.4 is 25.3 Å². The lowest BCUT2D eigenvalue weighted by Gasteiger charge is -2.15. The Kier molecular flexibility index (Phi) is 11.7. The van der Waals surface area contributed by atoms with E-state index >= 15 is 0 Å². The maximum Gasteiger partial charge on any atom is 0.161 e. The maximum atomic E-state index is 10.3. The van der Waals surface area contributed by atoms with Gasteiger partial charge < -0.3 is 30.4 Å². The van der Waals surface area contributed by atoms with Crippen LogP contribution in [0.5, 0.6) is 17.2 Å². The predicted octanol–water partition coefficient (Wildman–Crippen LogP) is 4.14. The minimum atomic E-state index is -0.592. The fourth-order valence-electron chi connectivity index (χ4n) is 3.41. The molecule has 4 N–H and O–H groups in total. The summed E-state index contributed by atoms with van der Waals surface area (Å²) in [5, 5.41) is 15.8. The summed E-state index contributed by atoms with van der Waals surface area (Å²) in [6.07, 6.45) is 0.226. The first-order valence-electron chi connectivity index (χ1n) is 11.4. The van der Waals surface area contributed by atoms with E-state index in [9.17, 15) is 5.11 Å². The summed E-state index contributed by atoms with van der Waals surface area (Å²) in [6, 6.07) is 20.0. The number of hydrogen-bond donors (Lipinski definition) is 3. The first-order valence-corrected chi connectivity index (χ1v) is 13.9. The monoisotopic (exact) mass is 502 g/mol. The largest absolute Gasteiger partial charge is 0.493 e. The first kappa shape index (κ1) is 26.5. The average molecular weight is 503 g/mol. The second-order valence-corrected chi connectivity index (χ2v) is 10.4. The van der Waals surface area contributed by atoms with Crippen LogP contribution in [-0.4, -0.2) is 62.7 Å². The Labute approximate surface area is 209 Å². The lowest BCUT2D eigenvalue weighted by atomic mass is 10.1. The van der Waals surface area contributed by atoms with E-state index < -0.39 is 6.10 Å².